The van der Waals surface area contributed by atoms with Crippen LogP contribution in [0.15, 0.2) is 18.2 Å². The van der Waals surface area contributed by atoms with Crippen LogP contribution in [0.3, 0.4) is 0 Å². The van der Waals surface area contributed by atoms with E-state index in [2.05, 4.69) is 5.32 Å². The second-order valence-corrected chi connectivity index (χ2v) is 5.79. The molecule has 8 heteroatoms. The normalized spacial score (nSPS) is 21.7. The van der Waals surface area contributed by atoms with Gasteiger partial charge in [0.25, 0.3) is 5.69 Å². The van der Waals surface area contributed by atoms with Crippen LogP contribution in [-0.4, -0.2) is 22.9 Å². The van der Waals surface area contributed by atoms with E-state index in [9.17, 15) is 28.1 Å². The van der Waals surface area contributed by atoms with Gasteiger partial charge in [-0.1, -0.05) is 6.42 Å². The van der Waals surface area contributed by atoms with E-state index >= 15 is 0 Å². The molecule has 0 unspecified atom stereocenters. The zero-order chi connectivity index (χ0) is 17.2. The van der Waals surface area contributed by atoms with E-state index in [-0.39, 0.29) is 35.6 Å². The van der Waals surface area contributed by atoms with Gasteiger partial charge >= 0.3 is 6.18 Å². The van der Waals surface area contributed by atoms with Crippen LogP contribution in [0.5, 0.6) is 0 Å². The molecule has 23 heavy (non-hydrogen) atoms. The van der Waals surface area contributed by atoms with Crippen LogP contribution >= 0.6 is 0 Å². The van der Waals surface area contributed by atoms with E-state index in [1.54, 1.807) is 0 Å². The Bertz CT molecular complexity index is 616. The molecule has 0 bridgehead atoms. The van der Waals surface area contributed by atoms with Crippen LogP contribution in [0.4, 0.5) is 24.5 Å². The van der Waals surface area contributed by atoms with Crippen LogP contribution in [0.2, 0.25) is 0 Å². The summed E-state index contributed by atoms with van der Waals surface area (Å²) >= 11 is 0. The van der Waals surface area contributed by atoms with Gasteiger partial charge in [0.05, 0.1) is 10.8 Å². The minimum atomic E-state index is -4.25. The van der Waals surface area contributed by atoms with Gasteiger partial charge in [-0.2, -0.15) is 13.2 Å². The van der Waals surface area contributed by atoms with Gasteiger partial charge in [-0.25, -0.2) is 0 Å². The Hall–Kier alpha value is -2.12. The highest BCUT2D eigenvalue weighted by Gasteiger charge is 2.42. The number of hydrogen-bond acceptors (Lipinski definition) is 4. The number of anilines is 1. The molecule has 0 saturated heterocycles. The van der Waals surface area contributed by atoms with Gasteiger partial charge < -0.3 is 5.32 Å². The molecule has 5 nitrogen and oxygen atoms in total. The Balaban J connectivity index is 2.19. The fourth-order valence-corrected chi connectivity index (χ4v) is 2.86. The van der Waals surface area contributed by atoms with Crippen molar-refractivity contribution in [2.45, 2.75) is 44.8 Å². The summed E-state index contributed by atoms with van der Waals surface area (Å²) in [4.78, 5) is 21.8. The number of nitro benzene ring substituents is 1. The SMILES string of the molecule is CC(=O)c1ccc(N[C@H]2CCC[C@H](C(F)(F)F)C2)c([N+](=O)[O-])c1. The zero-order valence-corrected chi connectivity index (χ0v) is 12.5. The van der Waals surface area contributed by atoms with Crippen molar-refractivity contribution >= 4 is 17.2 Å². The fourth-order valence-electron chi connectivity index (χ4n) is 2.86. The van der Waals surface area contributed by atoms with Gasteiger partial charge in [0.2, 0.25) is 0 Å². The highest BCUT2D eigenvalue weighted by atomic mass is 19.4. The average molecular weight is 330 g/mol. The lowest BCUT2D eigenvalue weighted by atomic mass is 9.85. The van der Waals surface area contributed by atoms with Crippen molar-refractivity contribution in [1.29, 1.82) is 0 Å². The molecule has 1 saturated carbocycles. The van der Waals surface area contributed by atoms with Crippen molar-refractivity contribution in [3.05, 3.63) is 33.9 Å². The van der Waals surface area contributed by atoms with Gasteiger partial charge in [0.15, 0.2) is 5.78 Å². The molecule has 1 aliphatic carbocycles. The summed E-state index contributed by atoms with van der Waals surface area (Å²) in [6.07, 6.45) is -3.31. The minimum absolute atomic E-state index is 0.0903. The largest absolute Gasteiger partial charge is 0.391 e. The van der Waals surface area contributed by atoms with Crippen LogP contribution in [0.1, 0.15) is 43.0 Å². The maximum Gasteiger partial charge on any atom is 0.391 e. The first kappa shape index (κ1) is 17.2. The van der Waals surface area contributed by atoms with Gasteiger partial charge in [0, 0.05) is 17.7 Å². The van der Waals surface area contributed by atoms with Crippen molar-refractivity contribution < 1.29 is 22.9 Å². The number of carbonyl (C=O) groups is 1. The van der Waals surface area contributed by atoms with Gasteiger partial charge in [-0.15, -0.1) is 0 Å². The van der Waals surface area contributed by atoms with E-state index in [4.69, 9.17) is 0 Å². The fraction of sp³-hybridized carbons (Fsp3) is 0.533. The van der Waals surface area contributed by atoms with E-state index in [1.807, 2.05) is 0 Å². The molecular formula is C15H17F3N2O3. The molecule has 1 fully saturated rings. The number of nitrogens with zero attached hydrogens (tertiary/aromatic N) is 1. The summed E-state index contributed by atoms with van der Waals surface area (Å²) in [6.45, 7) is 1.29. The molecule has 0 heterocycles. The van der Waals surface area contributed by atoms with Crippen molar-refractivity contribution in [1.82, 2.24) is 0 Å². The quantitative estimate of drug-likeness (QED) is 0.507. The number of ketones is 1. The molecule has 2 rings (SSSR count). The Kier molecular flexibility index (Phi) is 4.91. The molecule has 2 atom stereocenters. The van der Waals surface area contributed by atoms with Gasteiger partial charge in [-0.3, -0.25) is 14.9 Å². The number of nitrogens with one attached hydrogen (secondary N) is 1. The van der Waals surface area contributed by atoms with E-state index in [0.29, 0.717) is 12.8 Å². The molecule has 1 aromatic carbocycles. The summed E-state index contributed by atoms with van der Waals surface area (Å²) in [7, 11) is 0. The van der Waals surface area contributed by atoms with E-state index < -0.39 is 23.1 Å². The minimum Gasteiger partial charge on any atom is -0.377 e. The Labute approximate surface area is 131 Å². The predicted molar refractivity (Wildman–Crippen MR) is 78.5 cm³/mol. The number of hydrogen-bond donors (Lipinski definition) is 1. The van der Waals surface area contributed by atoms with Crippen LogP contribution in [0, 0.1) is 16.0 Å². The third-order valence-corrected chi connectivity index (χ3v) is 4.10. The topological polar surface area (TPSA) is 72.2 Å². The molecule has 1 N–H and O–H groups in total. The highest BCUT2D eigenvalue weighted by molar-refractivity contribution is 5.95. The van der Waals surface area contributed by atoms with Crippen LogP contribution in [-0.2, 0) is 0 Å². The average Bonchev–Trinajstić information content (AvgIpc) is 2.46. The van der Waals surface area contributed by atoms with Crippen LogP contribution in [0.25, 0.3) is 0 Å². The molecule has 0 spiro atoms. The number of nitro groups is 1. The Morgan fingerprint density at radius 3 is 2.61 bits per heavy atom. The number of halogens is 3. The second-order valence-electron chi connectivity index (χ2n) is 5.79. The molecular weight excluding hydrogens is 313 g/mol. The molecule has 0 amide bonds. The first-order chi connectivity index (χ1) is 10.7. The zero-order valence-electron chi connectivity index (χ0n) is 12.5. The molecule has 126 valence electrons. The number of alkyl halides is 3. The lowest BCUT2D eigenvalue weighted by molar-refractivity contribution is -0.384. The first-order valence-electron chi connectivity index (χ1n) is 7.31. The molecule has 0 aliphatic heterocycles. The monoisotopic (exact) mass is 330 g/mol. The molecule has 1 aromatic rings. The van der Waals surface area contributed by atoms with E-state index in [1.165, 1.54) is 19.1 Å². The van der Waals surface area contributed by atoms with Crippen LogP contribution < -0.4 is 5.32 Å². The first-order valence-corrected chi connectivity index (χ1v) is 7.31. The Morgan fingerprint density at radius 1 is 1.35 bits per heavy atom. The van der Waals surface area contributed by atoms with Crippen molar-refractivity contribution in [2.24, 2.45) is 5.92 Å². The number of Topliss-reactive ketones (excluding diaryl/α,β-unsaturated/α-hetero) is 1. The maximum atomic E-state index is 12.8. The maximum absolute atomic E-state index is 12.8. The second kappa shape index (κ2) is 6.55. The number of carbonyl (C=O) groups excluding carboxylic acids is 1. The summed E-state index contributed by atoms with van der Waals surface area (Å²) in [5.74, 6) is -1.70. The number of rotatable bonds is 4. The van der Waals surface area contributed by atoms with Gasteiger partial charge in [-0.05, 0) is 38.3 Å². The molecule has 0 aromatic heterocycles. The lowest BCUT2D eigenvalue weighted by Crippen LogP contribution is -2.34. The summed E-state index contributed by atoms with van der Waals surface area (Å²) in [5.41, 5.74) is 0.0405. The third kappa shape index (κ3) is 4.20. The summed E-state index contributed by atoms with van der Waals surface area (Å²) < 4.78 is 38.5. The molecule has 0 radical (unpaired) electrons. The van der Waals surface area contributed by atoms with Gasteiger partial charge in [0.1, 0.15) is 5.69 Å². The van der Waals surface area contributed by atoms with Crippen molar-refractivity contribution in [3.63, 3.8) is 0 Å². The summed E-state index contributed by atoms with van der Waals surface area (Å²) in [5, 5.41) is 14.0. The molecule has 1 aliphatic rings. The van der Waals surface area contributed by atoms with Crippen molar-refractivity contribution in [3.8, 4) is 0 Å². The third-order valence-electron chi connectivity index (χ3n) is 4.10. The number of benzene rings is 1. The summed E-state index contributed by atoms with van der Waals surface area (Å²) in [6, 6.07) is 3.49. The standard InChI is InChI=1S/C15H17F3N2O3/c1-9(21)10-5-6-13(14(7-10)20(22)23)19-12-4-2-3-11(8-12)15(16,17)18/h5-7,11-12,19H,2-4,8H2,1H3/t11-,12-/m0/s1. The Morgan fingerprint density at radius 2 is 2.04 bits per heavy atom. The lowest BCUT2D eigenvalue weighted by Gasteiger charge is -2.31. The van der Waals surface area contributed by atoms with Crippen molar-refractivity contribution in [2.75, 3.05) is 5.32 Å². The highest BCUT2D eigenvalue weighted by Crippen LogP contribution is 2.39. The predicted octanol–water partition coefficient (Wildman–Crippen LogP) is 4.33. The van der Waals surface area contributed by atoms with E-state index in [0.717, 1.165) is 6.07 Å². The smallest absolute Gasteiger partial charge is 0.377 e.